The van der Waals surface area contributed by atoms with Crippen LogP contribution in [0.2, 0.25) is 0 Å². The minimum absolute atomic E-state index is 0.127. The number of nitrogens with two attached hydrogens (primary N) is 2. The second-order valence-corrected chi connectivity index (χ2v) is 8.60. The highest BCUT2D eigenvalue weighted by atomic mass is 32.1. The number of nitrogen functional groups attached to an aromatic ring is 2. The van der Waals surface area contributed by atoms with E-state index in [1.54, 1.807) is 0 Å². The van der Waals surface area contributed by atoms with Gasteiger partial charge in [0, 0.05) is 17.5 Å². The Bertz CT molecular complexity index is 1350. The number of pyridine rings is 1. The molecule has 0 spiro atoms. The molecule has 1 amide bonds. The summed E-state index contributed by atoms with van der Waals surface area (Å²) in [6, 6.07) is 18.0. The van der Waals surface area contributed by atoms with Gasteiger partial charge < -0.3 is 16.8 Å². The van der Waals surface area contributed by atoms with E-state index in [1.165, 1.54) is 16.9 Å². The van der Waals surface area contributed by atoms with Crippen LogP contribution in [0.1, 0.15) is 38.8 Å². The van der Waals surface area contributed by atoms with Gasteiger partial charge in [-0.3, -0.25) is 4.79 Å². The molecular formula is C25H23N5OS. The van der Waals surface area contributed by atoms with Gasteiger partial charge in [-0.15, -0.1) is 11.3 Å². The number of hydrogen-bond donors (Lipinski definition) is 3. The van der Waals surface area contributed by atoms with Crippen LogP contribution in [0.15, 0.2) is 48.5 Å². The molecule has 0 unspecified atom stereocenters. The van der Waals surface area contributed by atoms with E-state index >= 15 is 0 Å². The molecule has 0 aliphatic rings. The van der Waals surface area contributed by atoms with Crippen LogP contribution in [-0.2, 0) is 13.0 Å². The first-order valence-electron chi connectivity index (χ1n) is 10.3. The number of nitriles is 1. The molecule has 0 bridgehead atoms. The first kappa shape index (κ1) is 21.3. The molecule has 6 nitrogen and oxygen atoms in total. The van der Waals surface area contributed by atoms with Crippen molar-refractivity contribution >= 4 is 39.0 Å². The predicted molar refractivity (Wildman–Crippen MR) is 130 cm³/mol. The fourth-order valence-electron chi connectivity index (χ4n) is 3.62. The molecule has 0 aliphatic carbocycles. The molecule has 0 fully saturated rings. The molecule has 0 radical (unpaired) electrons. The number of amides is 1. The third kappa shape index (κ3) is 3.88. The Morgan fingerprint density at radius 2 is 1.75 bits per heavy atom. The molecule has 160 valence electrons. The fourth-order valence-corrected chi connectivity index (χ4v) is 4.64. The number of nitrogens with zero attached hydrogens (tertiary/aromatic N) is 2. The number of aromatic nitrogens is 1. The summed E-state index contributed by atoms with van der Waals surface area (Å²) in [6.45, 7) is 4.48. The molecular weight excluding hydrogens is 418 g/mol. The Morgan fingerprint density at radius 3 is 2.38 bits per heavy atom. The van der Waals surface area contributed by atoms with Crippen LogP contribution in [0.25, 0.3) is 21.3 Å². The van der Waals surface area contributed by atoms with Crippen molar-refractivity contribution in [2.75, 3.05) is 11.5 Å². The van der Waals surface area contributed by atoms with Gasteiger partial charge in [0.05, 0.1) is 5.69 Å². The quantitative estimate of drug-likeness (QED) is 0.411. The van der Waals surface area contributed by atoms with Crippen LogP contribution >= 0.6 is 11.3 Å². The molecule has 5 N–H and O–H groups in total. The second-order valence-electron chi connectivity index (χ2n) is 7.60. The zero-order valence-corrected chi connectivity index (χ0v) is 18.7. The van der Waals surface area contributed by atoms with E-state index in [1.807, 2.05) is 55.5 Å². The topological polar surface area (TPSA) is 118 Å². The Balaban J connectivity index is 1.77. The lowest BCUT2D eigenvalue weighted by molar-refractivity contribution is 0.0956. The Morgan fingerprint density at radius 1 is 1.09 bits per heavy atom. The van der Waals surface area contributed by atoms with Crippen LogP contribution in [0.4, 0.5) is 11.5 Å². The summed E-state index contributed by atoms with van der Waals surface area (Å²) in [7, 11) is 0. The van der Waals surface area contributed by atoms with E-state index < -0.39 is 0 Å². The Labute approximate surface area is 190 Å². The van der Waals surface area contributed by atoms with Gasteiger partial charge in [-0.2, -0.15) is 5.26 Å². The lowest BCUT2D eigenvalue weighted by Crippen LogP contribution is -2.22. The van der Waals surface area contributed by atoms with E-state index in [0.29, 0.717) is 32.9 Å². The van der Waals surface area contributed by atoms with Gasteiger partial charge in [-0.1, -0.05) is 61.0 Å². The summed E-state index contributed by atoms with van der Waals surface area (Å²) in [5, 5.41) is 13.3. The number of hydrogen-bond acceptors (Lipinski definition) is 6. The highest BCUT2D eigenvalue weighted by Gasteiger charge is 2.24. The monoisotopic (exact) mass is 441 g/mol. The van der Waals surface area contributed by atoms with E-state index in [-0.39, 0.29) is 17.3 Å². The molecule has 0 aliphatic heterocycles. The fraction of sp³-hybridized carbons (Fsp3) is 0.160. The van der Waals surface area contributed by atoms with Gasteiger partial charge >= 0.3 is 0 Å². The highest BCUT2D eigenvalue weighted by Crippen LogP contribution is 2.42. The molecule has 4 rings (SSSR count). The average Bonchev–Trinajstić information content (AvgIpc) is 3.13. The molecule has 0 saturated heterocycles. The minimum atomic E-state index is -0.282. The average molecular weight is 442 g/mol. The number of aryl methyl sites for hydroxylation is 2. The van der Waals surface area contributed by atoms with Crippen molar-refractivity contribution in [3.8, 4) is 17.2 Å². The van der Waals surface area contributed by atoms with Gasteiger partial charge in [-0.25, -0.2) is 4.98 Å². The van der Waals surface area contributed by atoms with Crippen LogP contribution in [0.5, 0.6) is 0 Å². The summed E-state index contributed by atoms with van der Waals surface area (Å²) in [6.07, 6.45) is 0.908. The first-order valence-corrected chi connectivity index (χ1v) is 11.1. The van der Waals surface area contributed by atoms with Gasteiger partial charge in [0.1, 0.15) is 27.2 Å². The largest absolute Gasteiger partial charge is 0.397 e. The van der Waals surface area contributed by atoms with Gasteiger partial charge in [0.2, 0.25) is 0 Å². The predicted octanol–water partition coefficient (Wildman–Crippen LogP) is 4.80. The number of carbonyl (C=O) groups is 1. The van der Waals surface area contributed by atoms with Gasteiger partial charge in [0.25, 0.3) is 5.91 Å². The van der Waals surface area contributed by atoms with Crippen molar-refractivity contribution in [1.29, 1.82) is 5.26 Å². The summed E-state index contributed by atoms with van der Waals surface area (Å²) in [5.74, 6) is -0.155. The maximum atomic E-state index is 12.9. The number of nitrogens with one attached hydrogen (secondary N) is 1. The van der Waals surface area contributed by atoms with Crippen LogP contribution < -0.4 is 16.8 Å². The summed E-state index contributed by atoms with van der Waals surface area (Å²) < 4.78 is 0. The Hall–Kier alpha value is -3.89. The molecule has 7 heteroatoms. The number of benzene rings is 2. The highest BCUT2D eigenvalue weighted by molar-refractivity contribution is 7.21. The zero-order chi connectivity index (χ0) is 22.8. The van der Waals surface area contributed by atoms with Crippen molar-refractivity contribution < 1.29 is 4.79 Å². The maximum absolute atomic E-state index is 12.9. The van der Waals surface area contributed by atoms with Gasteiger partial charge in [0.15, 0.2) is 0 Å². The lowest BCUT2D eigenvalue weighted by atomic mass is 9.96. The normalized spacial score (nSPS) is 10.8. The molecule has 0 atom stereocenters. The molecule has 0 saturated carbocycles. The number of fused-ring (bicyclic) bond motifs is 1. The first-order chi connectivity index (χ1) is 15.4. The molecule has 2 aromatic carbocycles. The van der Waals surface area contributed by atoms with Crippen molar-refractivity contribution in [3.63, 3.8) is 0 Å². The number of anilines is 2. The SMILES string of the molecule is CCc1ccc(-c2c(C#N)c(N)nc3sc(C(=O)NCc4ccc(C)cc4)c(N)c23)cc1. The summed E-state index contributed by atoms with van der Waals surface area (Å²) in [4.78, 5) is 18.2. The smallest absolute Gasteiger partial charge is 0.263 e. The van der Waals surface area contributed by atoms with Crippen LogP contribution in [0.3, 0.4) is 0 Å². The third-order valence-electron chi connectivity index (χ3n) is 5.45. The Kier molecular flexibility index (Phi) is 5.80. The standard InChI is InChI=1S/C25H23N5OS/c1-3-15-8-10-17(11-9-15)19-18(12-26)23(28)30-25-20(19)21(27)22(32-25)24(31)29-13-16-6-4-14(2)5-7-16/h4-11H,3,13,27H2,1-2H3,(H2,28,30)(H,29,31). The number of carbonyl (C=O) groups excluding carboxylic acids is 1. The third-order valence-corrected chi connectivity index (χ3v) is 6.55. The van der Waals surface area contributed by atoms with Crippen molar-refractivity contribution in [3.05, 3.63) is 75.7 Å². The van der Waals surface area contributed by atoms with E-state index in [9.17, 15) is 10.1 Å². The minimum Gasteiger partial charge on any atom is -0.397 e. The van der Waals surface area contributed by atoms with E-state index in [0.717, 1.165) is 23.1 Å². The number of thiophene rings is 1. The van der Waals surface area contributed by atoms with E-state index in [2.05, 4.69) is 23.3 Å². The van der Waals surface area contributed by atoms with Gasteiger partial charge in [-0.05, 0) is 30.0 Å². The van der Waals surface area contributed by atoms with Crippen molar-refractivity contribution in [1.82, 2.24) is 10.3 Å². The lowest BCUT2D eigenvalue weighted by Gasteiger charge is -2.10. The van der Waals surface area contributed by atoms with Crippen LogP contribution in [0, 0.1) is 18.3 Å². The molecule has 32 heavy (non-hydrogen) atoms. The molecule has 4 aromatic rings. The maximum Gasteiger partial charge on any atom is 0.263 e. The van der Waals surface area contributed by atoms with E-state index in [4.69, 9.17) is 11.5 Å². The van der Waals surface area contributed by atoms with Crippen LogP contribution in [-0.4, -0.2) is 10.9 Å². The van der Waals surface area contributed by atoms with Crippen molar-refractivity contribution in [2.45, 2.75) is 26.8 Å². The molecule has 2 aromatic heterocycles. The second kappa shape index (κ2) is 8.69. The van der Waals surface area contributed by atoms with Crippen molar-refractivity contribution in [2.24, 2.45) is 0 Å². The zero-order valence-electron chi connectivity index (χ0n) is 17.9. The number of rotatable bonds is 5. The summed E-state index contributed by atoms with van der Waals surface area (Å²) >= 11 is 1.18. The molecule has 2 heterocycles. The summed E-state index contributed by atoms with van der Waals surface area (Å²) in [5.41, 5.74) is 17.9.